The van der Waals surface area contributed by atoms with E-state index in [2.05, 4.69) is 33.8 Å². The lowest BCUT2D eigenvalue weighted by atomic mass is 10.1. The van der Waals surface area contributed by atoms with Crippen LogP contribution in [0.2, 0.25) is 0 Å². The number of nitrogens with zero attached hydrogens (tertiary/aromatic N) is 2. The molecule has 0 aliphatic carbocycles. The van der Waals surface area contributed by atoms with E-state index in [9.17, 15) is 10.1 Å². The molecule has 0 spiro atoms. The summed E-state index contributed by atoms with van der Waals surface area (Å²) in [6, 6.07) is 12.6. The van der Waals surface area contributed by atoms with Crippen molar-refractivity contribution in [1.82, 2.24) is 10.6 Å². The predicted molar refractivity (Wildman–Crippen MR) is 131 cm³/mol. The maximum absolute atomic E-state index is 10.8. The highest BCUT2D eigenvalue weighted by Gasteiger charge is 2.18. The minimum atomic E-state index is -0.405. The molecule has 1 aliphatic rings. The maximum Gasteiger partial charge on any atom is 0.269 e. The number of aryl methyl sites for hydroxylation is 1. The molecule has 168 valence electrons. The highest BCUT2D eigenvalue weighted by atomic mass is 127. The van der Waals surface area contributed by atoms with E-state index in [0.29, 0.717) is 25.7 Å². The summed E-state index contributed by atoms with van der Waals surface area (Å²) in [7, 11) is 0. The van der Waals surface area contributed by atoms with Gasteiger partial charge in [0, 0.05) is 37.2 Å². The summed E-state index contributed by atoms with van der Waals surface area (Å²) in [5, 5.41) is 17.3. The molecule has 1 atom stereocenters. The van der Waals surface area contributed by atoms with Gasteiger partial charge in [0.05, 0.1) is 24.7 Å². The van der Waals surface area contributed by atoms with Crippen LogP contribution < -0.4 is 15.4 Å². The molecule has 31 heavy (non-hydrogen) atoms. The van der Waals surface area contributed by atoms with Gasteiger partial charge in [-0.05, 0) is 31.0 Å². The largest absolute Gasteiger partial charge is 0.488 e. The van der Waals surface area contributed by atoms with Crippen molar-refractivity contribution in [1.29, 1.82) is 0 Å². The number of non-ortho nitro benzene ring substituents is 1. The normalized spacial score (nSPS) is 15.8. The molecular formula is C22H29IN4O4. The van der Waals surface area contributed by atoms with E-state index in [-0.39, 0.29) is 35.8 Å². The minimum Gasteiger partial charge on any atom is -0.488 e. The molecule has 0 amide bonds. The molecule has 2 N–H and O–H groups in total. The lowest BCUT2D eigenvalue weighted by Gasteiger charge is -2.18. The molecule has 0 saturated carbocycles. The van der Waals surface area contributed by atoms with Gasteiger partial charge < -0.3 is 20.1 Å². The van der Waals surface area contributed by atoms with Crippen molar-refractivity contribution in [3.8, 4) is 5.75 Å². The summed E-state index contributed by atoms with van der Waals surface area (Å²) < 4.78 is 11.6. The first-order chi connectivity index (χ1) is 14.5. The van der Waals surface area contributed by atoms with E-state index < -0.39 is 4.92 Å². The zero-order valence-corrected chi connectivity index (χ0v) is 20.1. The Labute approximate surface area is 199 Å². The van der Waals surface area contributed by atoms with Gasteiger partial charge in [0.1, 0.15) is 11.9 Å². The molecule has 1 saturated heterocycles. The third-order valence-electron chi connectivity index (χ3n) is 4.76. The Morgan fingerprint density at radius 3 is 2.68 bits per heavy atom. The van der Waals surface area contributed by atoms with Crippen LogP contribution in [0.5, 0.6) is 5.75 Å². The summed E-state index contributed by atoms with van der Waals surface area (Å²) in [4.78, 5) is 15.0. The molecule has 1 heterocycles. The van der Waals surface area contributed by atoms with Crippen molar-refractivity contribution in [2.75, 3.05) is 19.8 Å². The van der Waals surface area contributed by atoms with Gasteiger partial charge in [-0.2, -0.15) is 0 Å². The third-order valence-corrected chi connectivity index (χ3v) is 4.76. The Morgan fingerprint density at radius 1 is 1.26 bits per heavy atom. The predicted octanol–water partition coefficient (Wildman–Crippen LogP) is 3.94. The molecule has 0 aromatic heterocycles. The lowest BCUT2D eigenvalue weighted by molar-refractivity contribution is -0.384. The second-order valence-electron chi connectivity index (χ2n) is 7.19. The van der Waals surface area contributed by atoms with Gasteiger partial charge in [-0.15, -0.1) is 24.0 Å². The Hall–Kier alpha value is -2.40. The molecule has 0 radical (unpaired) electrons. The van der Waals surface area contributed by atoms with Crippen LogP contribution in [0.1, 0.15) is 30.0 Å². The monoisotopic (exact) mass is 540 g/mol. The number of rotatable bonds is 8. The van der Waals surface area contributed by atoms with E-state index in [0.717, 1.165) is 42.0 Å². The first-order valence-electron chi connectivity index (χ1n) is 10.1. The number of nitro groups is 1. The zero-order chi connectivity index (χ0) is 21.3. The number of ether oxygens (including phenoxy) is 2. The molecule has 8 nitrogen and oxygen atoms in total. The molecule has 1 aliphatic heterocycles. The number of hydrogen-bond donors (Lipinski definition) is 2. The molecule has 1 fully saturated rings. The van der Waals surface area contributed by atoms with Crippen LogP contribution in [-0.2, 0) is 17.8 Å². The van der Waals surface area contributed by atoms with Gasteiger partial charge in [-0.25, -0.2) is 4.99 Å². The fourth-order valence-corrected chi connectivity index (χ4v) is 3.12. The second-order valence-corrected chi connectivity index (χ2v) is 7.19. The van der Waals surface area contributed by atoms with Crippen LogP contribution in [0.15, 0.2) is 47.5 Å². The summed E-state index contributed by atoms with van der Waals surface area (Å²) in [6.45, 7) is 7.13. The van der Waals surface area contributed by atoms with Crippen molar-refractivity contribution < 1.29 is 14.4 Å². The van der Waals surface area contributed by atoms with Gasteiger partial charge in [0.15, 0.2) is 5.96 Å². The minimum absolute atomic E-state index is 0. The van der Waals surface area contributed by atoms with E-state index in [1.165, 1.54) is 12.1 Å². The van der Waals surface area contributed by atoms with E-state index in [4.69, 9.17) is 9.47 Å². The smallest absolute Gasteiger partial charge is 0.269 e. The van der Waals surface area contributed by atoms with Crippen molar-refractivity contribution in [3.05, 3.63) is 69.3 Å². The molecule has 2 aromatic rings. The SMILES string of the molecule is CCNC(=NCc1ccc([N+](=O)[O-])cc1)NCc1ccc(C)cc1OC1CCOC1.I. The fraction of sp³-hybridized carbons (Fsp3) is 0.409. The lowest BCUT2D eigenvalue weighted by Crippen LogP contribution is -2.37. The average molecular weight is 540 g/mol. The van der Waals surface area contributed by atoms with E-state index >= 15 is 0 Å². The molecular weight excluding hydrogens is 511 g/mol. The molecule has 2 aromatic carbocycles. The van der Waals surface area contributed by atoms with Crippen LogP contribution in [-0.4, -0.2) is 36.7 Å². The quantitative estimate of drug-likeness (QED) is 0.173. The number of halogens is 1. The summed E-state index contributed by atoms with van der Waals surface area (Å²) >= 11 is 0. The number of aliphatic imine (C=N–C) groups is 1. The molecule has 0 bridgehead atoms. The number of hydrogen-bond acceptors (Lipinski definition) is 5. The van der Waals surface area contributed by atoms with Gasteiger partial charge in [-0.3, -0.25) is 10.1 Å². The number of guanidine groups is 1. The molecule has 3 rings (SSSR count). The van der Waals surface area contributed by atoms with Gasteiger partial charge in [0.2, 0.25) is 0 Å². The topological polar surface area (TPSA) is 98.0 Å². The highest BCUT2D eigenvalue weighted by Crippen LogP contribution is 2.23. The Morgan fingerprint density at radius 2 is 2.03 bits per heavy atom. The van der Waals surface area contributed by atoms with Crippen LogP contribution in [0.25, 0.3) is 0 Å². The van der Waals surface area contributed by atoms with E-state index in [1.807, 2.05) is 13.8 Å². The first-order valence-corrected chi connectivity index (χ1v) is 10.1. The van der Waals surface area contributed by atoms with Gasteiger partial charge >= 0.3 is 0 Å². The fourth-order valence-electron chi connectivity index (χ4n) is 3.12. The van der Waals surface area contributed by atoms with Crippen LogP contribution in [0.4, 0.5) is 5.69 Å². The van der Waals surface area contributed by atoms with Crippen molar-refractivity contribution in [2.45, 2.75) is 39.5 Å². The number of nitrogens with one attached hydrogen (secondary N) is 2. The summed E-state index contributed by atoms with van der Waals surface area (Å²) in [5.74, 6) is 1.54. The van der Waals surface area contributed by atoms with E-state index in [1.54, 1.807) is 12.1 Å². The number of nitro benzene ring substituents is 1. The van der Waals surface area contributed by atoms with Crippen molar-refractivity contribution in [2.24, 2.45) is 4.99 Å². The van der Waals surface area contributed by atoms with Crippen molar-refractivity contribution in [3.63, 3.8) is 0 Å². The molecule has 1 unspecified atom stereocenters. The first kappa shape index (κ1) is 24.9. The summed E-state index contributed by atoms with van der Waals surface area (Å²) in [6.07, 6.45) is 0.995. The maximum atomic E-state index is 10.8. The second kappa shape index (κ2) is 12.5. The zero-order valence-electron chi connectivity index (χ0n) is 17.8. The highest BCUT2D eigenvalue weighted by molar-refractivity contribution is 14.0. The van der Waals surface area contributed by atoms with Crippen LogP contribution >= 0.6 is 24.0 Å². The van der Waals surface area contributed by atoms with Crippen molar-refractivity contribution >= 4 is 35.6 Å². The standard InChI is InChI=1S/C22H28N4O4.HI/c1-3-23-22(24-13-17-5-8-19(9-6-17)26(27)28)25-14-18-7-4-16(2)12-21(18)30-20-10-11-29-15-20;/h4-9,12,20H,3,10-11,13-15H2,1-2H3,(H2,23,24,25);1H. The van der Waals surface area contributed by atoms with Gasteiger partial charge in [-0.1, -0.05) is 24.3 Å². The average Bonchev–Trinajstić information content (AvgIpc) is 3.24. The third kappa shape index (κ3) is 7.66. The van der Waals surface area contributed by atoms with Crippen LogP contribution in [0, 0.1) is 17.0 Å². The Bertz CT molecular complexity index is 884. The number of benzene rings is 2. The van der Waals surface area contributed by atoms with Crippen LogP contribution in [0.3, 0.4) is 0 Å². The van der Waals surface area contributed by atoms with Gasteiger partial charge in [0.25, 0.3) is 5.69 Å². The molecule has 9 heteroatoms. The summed E-state index contributed by atoms with van der Waals surface area (Å²) in [5.41, 5.74) is 3.17. The Kier molecular flexibility index (Phi) is 9.99. The Balaban J connectivity index is 0.00000341.